The van der Waals surface area contributed by atoms with Crippen molar-refractivity contribution in [3.05, 3.63) is 65.5 Å². The van der Waals surface area contributed by atoms with Gasteiger partial charge in [0.2, 0.25) is 11.8 Å². The van der Waals surface area contributed by atoms with Crippen LogP contribution in [0.15, 0.2) is 59.0 Å². The normalized spacial score (nSPS) is 12.0. The maximum absolute atomic E-state index is 12.9. The number of rotatable bonds is 7. The number of hydrogen-bond donors (Lipinski definition) is 0. The summed E-state index contributed by atoms with van der Waals surface area (Å²) in [4.78, 5) is 14.6. The minimum Gasteiger partial charge on any atom is -0.481 e. The number of carbonyl (C=O) groups excluding carboxylic acids is 1. The molecule has 0 fully saturated rings. The Morgan fingerprint density at radius 3 is 2.43 bits per heavy atom. The van der Waals surface area contributed by atoms with Crippen LogP contribution in [0.25, 0.3) is 11.5 Å². The van der Waals surface area contributed by atoms with Crippen molar-refractivity contribution < 1.29 is 13.9 Å². The summed E-state index contributed by atoms with van der Waals surface area (Å²) in [7, 11) is 0. The van der Waals surface area contributed by atoms with Crippen LogP contribution in [-0.2, 0) is 11.3 Å². The van der Waals surface area contributed by atoms with Gasteiger partial charge in [0.25, 0.3) is 5.91 Å². The summed E-state index contributed by atoms with van der Waals surface area (Å²) in [5, 5.41) is 8.66. The summed E-state index contributed by atoms with van der Waals surface area (Å²) < 4.78 is 11.5. The molecule has 0 aliphatic heterocycles. The number of aromatic nitrogens is 2. The molecular weight excluding hydrogens is 378 g/mol. The van der Waals surface area contributed by atoms with Gasteiger partial charge in [-0.15, -0.1) is 10.2 Å². The maximum Gasteiger partial charge on any atom is 0.264 e. The zero-order chi connectivity index (χ0) is 20.1. The monoisotopic (exact) mass is 399 g/mol. The van der Waals surface area contributed by atoms with E-state index in [1.807, 2.05) is 56.3 Å². The fourth-order valence-electron chi connectivity index (χ4n) is 2.71. The van der Waals surface area contributed by atoms with Gasteiger partial charge in [0.1, 0.15) is 5.75 Å². The van der Waals surface area contributed by atoms with Crippen molar-refractivity contribution in [1.29, 1.82) is 0 Å². The van der Waals surface area contributed by atoms with Gasteiger partial charge in [-0.3, -0.25) is 4.79 Å². The summed E-state index contributed by atoms with van der Waals surface area (Å²) in [5.74, 6) is 1.15. The number of halogens is 1. The highest BCUT2D eigenvalue weighted by atomic mass is 35.5. The Hall–Kier alpha value is -2.86. The Kier molecular flexibility index (Phi) is 6.31. The first-order valence-corrected chi connectivity index (χ1v) is 9.43. The van der Waals surface area contributed by atoms with Crippen LogP contribution in [0.5, 0.6) is 5.75 Å². The average molecular weight is 400 g/mol. The molecule has 1 atom stereocenters. The summed E-state index contributed by atoms with van der Waals surface area (Å²) in [6.07, 6.45) is -0.643. The van der Waals surface area contributed by atoms with Crippen molar-refractivity contribution in [3.8, 4) is 17.2 Å². The van der Waals surface area contributed by atoms with Crippen LogP contribution in [0.4, 0.5) is 0 Å². The maximum atomic E-state index is 12.9. The van der Waals surface area contributed by atoms with Gasteiger partial charge >= 0.3 is 0 Å². The molecule has 0 spiro atoms. The van der Waals surface area contributed by atoms with Gasteiger partial charge in [-0.25, -0.2) is 0 Å². The zero-order valence-electron chi connectivity index (χ0n) is 16.0. The fourth-order valence-corrected chi connectivity index (χ4v) is 2.93. The molecule has 0 aliphatic rings. The van der Waals surface area contributed by atoms with Crippen LogP contribution < -0.4 is 4.74 Å². The molecule has 1 amide bonds. The molecule has 0 unspecified atom stereocenters. The van der Waals surface area contributed by atoms with Gasteiger partial charge in [-0.05, 0) is 45.0 Å². The highest BCUT2D eigenvalue weighted by Crippen LogP contribution is 2.26. The number of benzene rings is 2. The summed E-state index contributed by atoms with van der Waals surface area (Å²) >= 11 is 6.18. The lowest BCUT2D eigenvalue weighted by molar-refractivity contribution is -0.140. The van der Waals surface area contributed by atoms with E-state index in [1.54, 1.807) is 24.0 Å². The molecule has 0 radical (unpaired) electrons. The second kappa shape index (κ2) is 8.89. The van der Waals surface area contributed by atoms with E-state index in [-0.39, 0.29) is 18.5 Å². The number of amides is 1. The van der Waals surface area contributed by atoms with Gasteiger partial charge in [0.05, 0.1) is 17.1 Å². The predicted molar refractivity (Wildman–Crippen MR) is 107 cm³/mol. The molecule has 3 rings (SSSR count). The Morgan fingerprint density at radius 2 is 1.75 bits per heavy atom. The first-order valence-electron chi connectivity index (χ1n) is 9.05. The number of nitrogens with zero attached hydrogens (tertiary/aromatic N) is 3. The Bertz CT molecular complexity index is 927. The van der Waals surface area contributed by atoms with Crippen molar-refractivity contribution in [2.75, 3.05) is 0 Å². The van der Waals surface area contributed by atoms with E-state index >= 15 is 0 Å². The Balaban J connectivity index is 1.73. The highest BCUT2D eigenvalue weighted by molar-refractivity contribution is 6.33. The van der Waals surface area contributed by atoms with Crippen LogP contribution in [0.1, 0.15) is 26.7 Å². The number of para-hydroxylation sites is 1. The van der Waals surface area contributed by atoms with Crippen LogP contribution in [0.2, 0.25) is 5.02 Å². The largest absolute Gasteiger partial charge is 0.481 e. The van der Waals surface area contributed by atoms with Crippen molar-refractivity contribution in [3.63, 3.8) is 0 Å². The second-order valence-corrected chi connectivity index (χ2v) is 7.02. The Labute approximate surface area is 169 Å². The fraction of sp³-hybridized carbons (Fsp3) is 0.286. The van der Waals surface area contributed by atoms with Crippen molar-refractivity contribution in [1.82, 2.24) is 15.1 Å². The lowest BCUT2D eigenvalue weighted by Gasteiger charge is -2.28. The third kappa shape index (κ3) is 4.70. The molecule has 0 aliphatic carbocycles. The van der Waals surface area contributed by atoms with Gasteiger partial charge in [-0.1, -0.05) is 41.9 Å². The van der Waals surface area contributed by atoms with Gasteiger partial charge in [-0.2, -0.15) is 0 Å². The molecule has 7 heteroatoms. The van der Waals surface area contributed by atoms with E-state index in [2.05, 4.69) is 10.2 Å². The lowest BCUT2D eigenvalue weighted by atomic mass is 10.2. The molecule has 0 bridgehead atoms. The second-order valence-electron chi connectivity index (χ2n) is 6.61. The van der Waals surface area contributed by atoms with Gasteiger partial charge in [0.15, 0.2) is 6.10 Å². The quantitative estimate of drug-likeness (QED) is 0.581. The lowest BCUT2D eigenvalue weighted by Crippen LogP contribution is -2.43. The van der Waals surface area contributed by atoms with Crippen molar-refractivity contribution in [2.45, 2.75) is 39.5 Å². The number of hydrogen-bond acceptors (Lipinski definition) is 5. The first kappa shape index (κ1) is 19.9. The van der Waals surface area contributed by atoms with Crippen molar-refractivity contribution in [2.24, 2.45) is 0 Å². The molecule has 1 aromatic heterocycles. The molecule has 0 saturated carbocycles. The van der Waals surface area contributed by atoms with E-state index in [1.165, 1.54) is 0 Å². The molecule has 3 aromatic rings. The molecule has 146 valence electrons. The third-order valence-electron chi connectivity index (χ3n) is 4.19. The van der Waals surface area contributed by atoms with Crippen LogP contribution in [0.3, 0.4) is 0 Å². The summed E-state index contributed by atoms with van der Waals surface area (Å²) in [5.41, 5.74) is 0.658. The number of ether oxygens (including phenoxy) is 1. The molecule has 2 aromatic carbocycles. The van der Waals surface area contributed by atoms with E-state index in [9.17, 15) is 4.79 Å². The molecule has 6 nitrogen and oxygen atoms in total. The average Bonchev–Trinajstić information content (AvgIpc) is 3.15. The topological polar surface area (TPSA) is 68.5 Å². The van der Waals surface area contributed by atoms with E-state index in [0.717, 1.165) is 0 Å². The van der Waals surface area contributed by atoms with Crippen LogP contribution in [-0.4, -0.2) is 33.2 Å². The molecule has 1 heterocycles. The first-order chi connectivity index (χ1) is 13.5. The van der Waals surface area contributed by atoms with Crippen LogP contribution in [0, 0.1) is 0 Å². The van der Waals surface area contributed by atoms with Crippen molar-refractivity contribution >= 4 is 17.5 Å². The number of carbonyl (C=O) groups is 1. The molecular formula is C21H22ClN3O3. The van der Waals surface area contributed by atoms with E-state index < -0.39 is 6.10 Å². The van der Waals surface area contributed by atoms with Gasteiger partial charge in [0, 0.05) is 6.04 Å². The molecule has 28 heavy (non-hydrogen) atoms. The standard InChI is InChI=1S/C21H22ClN3O3/c1-14(2)25(21(26)15(3)27-16-9-5-4-6-10-16)13-19-23-24-20(28-19)17-11-7-8-12-18(17)22/h4-12,14-15H,13H2,1-3H3/t15-/m1/s1. The molecule has 0 N–H and O–H groups in total. The summed E-state index contributed by atoms with van der Waals surface area (Å²) in [6.45, 7) is 5.78. The minimum atomic E-state index is -0.643. The zero-order valence-corrected chi connectivity index (χ0v) is 16.8. The highest BCUT2D eigenvalue weighted by Gasteiger charge is 2.26. The van der Waals surface area contributed by atoms with E-state index in [4.69, 9.17) is 20.8 Å². The minimum absolute atomic E-state index is 0.0648. The Morgan fingerprint density at radius 1 is 1.07 bits per heavy atom. The smallest absolute Gasteiger partial charge is 0.264 e. The van der Waals surface area contributed by atoms with Crippen LogP contribution >= 0.6 is 11.6 Å². The third-order valence-corrected chi connectivity index (χ3v) is 4.52. The van der Waals surface area contributed by atoms with E-state index in [0.29, 0.717) is 28.1 Å². The summed E-state index contributed by atoms with van der Waals surface area (Å²) in [6, 6.07) is 16.4. The van der Waals surface area contributed by atoms with Gasteiger partial charge < -0.3 is 14.1 Å². The SMILES string of the molecule is CC(C)N(Cc1nnc(-c2ccccc2Cl)o1)C(=O)[C@@H](C)Oc1ccccc1. The molecule has 0 saturated heterocycles. The predicted octanol–water partition coefficient (Wildman–Crippen LogP) is 4.59.